The number of hydrogen-bond donors (Lipinski definition) is 2. The Bertz CT molecular complexity index is 1920. The van der Waals surface area contributed by atoms with Crippen LogP contribution in [0.2, 0.25) is 0 Å². The maximum Gasteiger partial charge on any atom is 0.276 e. The van der Waals surface area contributed by atoms with Crippen LogP contribution in [0.25, 0.3) is 11.1 Å². The summed E-state index contributed by atoms with van der Waals surface area (Å²) in [5, 5.41) is 18.4. The number of carbonyl (C=O) groups excluding carboxylic acids is 2. The van der Waals surface area contributed by atoms with Gasteiger partial charge >= 0.3 is 0 Å². The van der Waals surface area contributed by atoms with Crippen molar-refractivity contribution >= 4 is 29.1 Å². The van der Waals surface area contributed by atoms with Crippen molar-refractivity contribution in [3.63, 3.8) is 0 Å². The molecule has 0 fully saturated rings. The molecular weight excluding hydrogens is 572 g/mol. The number of hydrogen-bond acceptors (Lipinski definition) is 7. The van der Waals surface area contributed by atoms with Gasteiger partial charge in [0.1, 0.15) is 17.2 Å². The Labute approximate surface area is 260 Å². The second kappa shape index (κ2) is 10.7. The molecular formula is C33H38N8O4. The highest BCUT2D eigenvalue weighted by atomic mass is 16.3. The number of rotatable bonds is 6. The highest BCUT2D eigenvalue weighted by Crippen LogP contribution is 2.40. The normalized spacial score (nSPS) is 16.9. The third kappa shape index (κ3) is 4.93. The van der Waals surface area contributed by atoms with Crippen molar-refractivity contribution in [2.45, 2.75) is 66.3 Å². The molecule has 4 aromatic heterocycles. The SMILES string of the molecule is CCC(=O)N1CCn2nc(Nc3cc(-c4ccnc(N5CCn6c(cc7c6CC(C)(C)C7)C5=O)c4CO)cn(C)c3=O)cc2C1. The van der Waals surface area contributed by atoms with Gasteiger partial charge in [-0.2, -0.15) is 5.10 Å². The van der Waals surface area contributed by atoms with Crippen LogP contribution in [0.3, 0.4) is 0 Å². The van der Waals surface area contributed by atoms with E-state index in [2.05, 4.69) is 33.8 Å². The highest BCUT2D eigenvalue weighted by molar-refractivity contribution is 6.06. The maximum atomic E-state index is 13.8. The van der Waals surface area contributed by atoms with E-state index < -0.39 is 0 Å². The summed E-state index contributed by atoms with van der Waals surface area (Å²) < 4.78 is 5.50. The van der Waals surface area contributed by atoms with Gasteiger partial charge in [-0.1, -0.05) is 20.8 Å². The van der Waals surface area contributed by atoms with E-state index >= 15 is 0 Å². The van der Waals surface area contributed by atoms with Crippen molar-refractivity contribution < 1.29 is 14.7 Å². The Morgan fingerprint density at radius 3 is 2.69 bits per heavy atom. The topological polar surface area (TPSA) is 131 Å². The lowest BCUT2D eigenvalue weighted by Gasteiger charge is -2.31. The molecule has 0 spiro atoms. The fraction of sp³-hybridized carbons (Fsp3) is 0.424. The van der Waals surface area contributed by atoms with Gasteiger partial charge in [0.2, 0.25) is 5.91 Å². The van der Waals surface area contributed by atoms with Gasteiger partial charge in [0.05, 0.1) is 25.4 Å². The highest BCUT2D eigenvalue weighted by Gasteiger charge is 2.37. The van der Waals surface area contributed by atoms with Crippen LogP contribution in [0.4, 0.5) is 17.3 Å². The third-order valence-corrected chi connectivity index (χ3v) is 9.28. The Morgan fingerprint density at radius 2 is 1.91 bits per heavy atom. The summed E-state index contributed by atoms with van der Waals surface area (Å²) in [6.45, 7) is 8.80. The summed E-state index contributed by atoms with van der Waals surface area (Å²) in [5.74, 6) is 0.908. The van der Waals surface area contributed by atoms with Gasteiger partial charge in [-0.25, -0.2) is 4.98 Å². The first-order valence-corrected chi connectivity index (χ1v) is 15.5. The van der Waals surface area contributed by atoms with E-state index in [4.69, 9.17) is 0 Å². The molecule has 0 bridgehead atoms. The van der Waals surface area contributed by atoms with Gasteiger partial charge in [-0.15, -0.1) is 0 Å². The van der Waals surface area contributed by atoms with Crippen LogP contribution >= 0.6 is 0 Å². The summed E-state index contributed by atoms with van der Waals surface area (Å²) in [6.07, 6.45) is 5.71. The molecule has 0 aromatic carbocycles. The van der Waals surface area contributed by atoms with Gasteiger partial charge in [0, 0.05) is 68.4 Å². The first kappa shape index (κ1) is 29.0. The Morgan fingerprint density at radius 1 is 1.09 bits per heavy atom. The van der Waals surface area contributed by atoms with Crippen LogP contribution in [0, 0.1) is 5.41 Å². The minimum Gasteiger partial charge on any atom is -0.392 e. The van der Waals surface area contributed by atoms with Gasteiger partial charge in [-0.05, 0) is 47.6 Å². The molecule has 0 saturated heterocycles. The number of amides is 2. The molecule has 234 valence electrons. The first-order valence-electron chi connectivity index (χ1n) is 15.5. The number of aliphatic hydroxyl groups is 1. The molecule has 7 rings (SSSR count). The van der Waals surface area contributed by atoms with E-state index in [1.165, 1.54) is 15.8 Å². The van der Waals surface area contributed by atoms with Crippen molar-refractivity contribution in [2.24, 2.45) is 12.5 Å². The number of aliphatic hydroxyl groups excluding tert-OH is 1. The number of fused-ring (bicyclic) bond motifs is 4. The molecule has 0 atom stereocenters. The van der Waals surface area contributed by atoms with Crippen LogP contribution in [-0.2, 0) is 50.9 Å². The fourth-order valence-electron chi connectivity index (χ4n) is 7.10. The summed E-state index contributed by atoms with van der Waals surface area (Å²) in [6, 6.07) is 7.42. The van der Waals surface area contributed by atoms with E-state index in [1.54, 1.807) is 36.5 Å². The molecule has 2 amide bonds. The zero-order valence-corrected chi connectivity index (χ0v) is 26.1. The number of aryl methyl sites for hydroxylation is 1. The second-order valence-corrected chi connectivity index (χ2v) is 13.0. The van der Waals surface area contributed by atoms with Crippen molar-refractivity contribution in [1.82, 2.24) is 28.8 Å². The average molecular weight is 611 g/mol. The molecule has 0 radical (unpaired) electrons. The Kier molecular flexibility index (Phi) is 6.92. The van der Waals surface area contributed by atoms with Crippen LogP contribution in [0.15, 0.2) is 41.5 Å². The molecule has 3 aliphatic rings. The van der Waals surface area contributed by atoms with E-state index in [-0.39, 0.29) is 29.4 Å². The number of aromatic nitrogens is 5. The predicted molar refractivity (Wildman–Crippen MR) is 169 cm³/mol. The van der Waals surface area contributed by atoms with Crippen LogP contribution < -0.4 is 15.8 Å². The Balaban J connectivity index is 1.19. The standard InChI is InChI=1S/C33H38N8O4/c1-5-29(43)38-8-11-41-22(18-38)14-28(36-41)35-25-12-21(17-37(4)31(25)44)23-6-7-34-30(24(23)19-42)40-10-9-39-26(32(40)45)13-20-15-33(2,3)16-27(20)39/h6-7,12-14,17,42H,5,8-11,15-16,18-19H2,1-4H3,(H,35,36). The Hall–Kier alpha value is -4.71. The number of pyridine rings is 2. The van der Waals surface area contributed by atoms with E-state index in [9.17, 15) is 19.5 Å². The van der Waals surface area contributed by atoms with E-state index in [1.807, 2.05) is 28.6 Å². The van der Waals surface area contributed by atoms with Crippen LogP contribution in [0.5, 0.6) is 0 Å². The van der Waals surface area contributed by atoms with Crippen molar-refractivity contribution in [1.29, 1.82) is 0 Å². The van der Waals surface area contributed by atoms with Crippen molar-refractivity contribution in [3.05, 3.63) is 75.2 Å². The molecule has 2 N–H and O–H groups in total. The smallest absolute Gasteiger partial charge is 0.276 e. The van der Waals surface area contributed by atoms with Crippen molar-refractivity contribution in [2.75, 3.05) is 23.3 Å². The average Bonchev–Trinajstić information content (AvgIpc) is 3.67. The van der Waals surface area contributed by atoms with Gasteiger partial charge in [-0.3, -0.25) is 24.0 Å². The maximum absolute atomic E-state index is 13.8. The van der Waals surface area contributed by atoms with Crippen molar-refractivity contribution in [3.8, 4) is 11.1 Å². The lowest BCUT2D eigenvalue weighted by atomic mass is 9.90. The zero-order valence-electron chi connectivity index (χ0n) is 26.1. The third-order valence-electron chi connectivity index (χ3n) is 9.28. The first-order chi connectivity index (χ1) is 21.6. The zero-order chi connectivity index (χ0) is 31.6. The summed E-state index contributed by atoms with van der Waals surface area (Å²) in [7, 11) is 1.67. The molecule has 0 saturated carbocycles. The number of nitrogens with one attached hydrogen (secondary N) is 1. The quantitative estimate of drug-likeness (QED) is 0.343. The lowest BCUT2D eigenvalue weighted by molar-refractivity contribution is -0.132. The minimum absolute atomic E-state index is 0.0999. The van der Waals surface area contributed by atoms with Gasteiger partial charge in [0.15, 0.2) is 5.82 Å². The fourth-order valence-corrected chi connectivity index (χ4v) is 7.10. The van der Waals surface area contributed by atoms with Gasteiger partial charge in [0.25, 0.3) is 11.5 Å². The number of nitrogens with zero attached hydrogens (tertiary/aromatic N) is 7. The minimum atomic E-state index is -0.333. The number of anilines is 3. The molecule has 0 unspecified atom stereocenters. The second-order valence-electron chi connectivity index (χ2n) is 13.0. The van der Waals surface area contributed by atoms with Gasteiger partial charge < -0.3 is 24.5 Å². The molecule has 4 aromatic rings. The molecule has 1 aliphatic carbocycles. The lowest BCUT2D eigenvalue weighted by Crippen LogP contribution is -2.41. The van der Waals surface area contributed by atoms with E-state index in [0.29, 0.717) is 78.9 Å². The molecule has 12 heteroatoms. The largest absolute Gasteiger partial charge is 0.392 e. The molecule has 45 heavy (non-hydrogen) atoms. The van der Waals surface area contributed by atoms with Crippen LogP contribution in [0.1, 0.15) is 60.2 Å². The summed E-state index contributed by atoms with van der Waals surface area (Å²) in [4.78, 5) is 47.3. The molecule has 6 heterocycles. The van der Waals surface area contributed by atoms with Crippen LogP contribution in [-0.4, -0.2) is 58.8 Å². The number of carbonyl (C=O) groups is 2. The predicted octanol–water partition coefficient (Wildman–Crippen LogP) is 3.22. The molecule has 12 nitrogen and oxygen atoms in total. The summed E-state index contributed by atoms with van der Waals surface area (Å²) in [5.41, 5.74) is 6.21. The monoisotopic (exact) mass is 610 g/mol. The summed E-state index contributed by atoms with van der Waals surface area (Å²) >= 11 is 0. The van der Waals surface area contributed by atoms with E-state index in [0.717, 1.165) is 18.5 Å². The molecule has 2 aliphatic heterocycles.